The van der Waals surface area contributed by atoms with Crippen molar-refractivity contribution in [1.29, 1.82) is 0 Å². The third kappa shape index (κ3) is 27.4. The first-order chi connectivity index (χ1) is 35.8. The van der Waals surface area contributed by atoms with E-state index >= 15 is 0 Å². The smallest absolute Gasteiger partial charge is 0.416 e. The van der Waals surface area contributed by atoms with Crippen LogP contribution in [0.15, 0.2) is 54.6 Å². The Bertz CT molecular complexity index is 2450. The van der Waals surface area contributed by atoms with Crippen LogP contribution in [0.4, 0.5) is 54.8 Å². The lowest BCUT2D eigenvalue weighted by Crippen LogP contribution is -2.42. The zero-order chi connectivity index (χ0) is 59.0. The molecule has 3 saturated heterocycles. The van der Waals surface area contributed by atoms with Crippen molar-refractivity contribution >= 4 is 47.8 Å². The summed E-state index contributed by atoms with van der Waals surface area (Å²) >= 11 is 0. The number of aryl methyl sites for hydroxylation is 3. The molecule has 0 bridgehead atoms. The number of Topliss-reactive ketones (excluding diaryl/α,β-unsaturated/α-hetero) is 2. The maximum atomic E-state index is 12.9. The van der Waals surface area contributed by atoms with Gasteiger partial charge in [-0.05, 0) is 191 Å². The Labute approximate surface area is 464 Å². The van der Waals surface area contributed by atoms with Crippen LogP contribution >= 0.6 is 12.4 Å². The maximum Gasteiger partial charge on any atom is 0.416 e. The van der Waals surface area contributed by atoms with E-state index in [0.29, 0.717) is 85.6 Å². The summed E-state index contributed by atoms with van der Waals surface area (Å²) in [5, 5.41) is 11.9. The average molecular weight is 1150 g/mol. The lowest BCUT2D eigenvalue weighted by Gasteiger charge is -2.33. The number of nitrogens with zero attached hydrogens (tertiary/aromatic N) is 2. The second-order valence-corrected chi connectivity index (χ2v) is 22.5. The van der Waals surface area contributed by atoms with Gasteiger partial charge in [0.05, 0.1) is 16.7 Å². The quantitative estimate of drug-likeness (QED) is 0.131. The maximum absolute atomic E-state index is 12.9. The predicted molar refractivity (Wildman–Crippen MR) is 286 cm³/mol. The molecule has 3 aromatic rings. The van der Waals surface area contributed by atoms with Gasteiger partial charge >= 0.3 is 36.7 Å². The van der Waals surface area contributed by atoms with Crippen LogP contribution in [-0.4, -0.2) is 95.1 Å². The molecule has 3 aliphatic heterocycles. The number of alkyl halides is 9. The van der Waals surface area contributed by atoms with E-state index in [0.717, 1.165) is 75.2 Å². The highest BCUT2D eigenvalue weighted by molar-refractivity contribution is 5.85. The lowest BCUT2D eigenvalue weighted by atomic mass is 9.90. The van der Waals surface area contributed by atoms with Gasteiger partial charge in [0, 0.05) is 64.0 Å². The van der Waals surface area contributed by atoms with Crippen LogP contribution < -0.4 is 11.1 Å². The van der Waals surface area contributed by atoms with E-state index in [9.17, 15) is 63.5 Å². The fourth-order valence-electron chi connectivity index (χ4n) is 9.10. The standard InChI is InChI=1S/C21H28F3NO3.C16H20F3NO.C12H21NO4.C8H8F3N.ClH/c1-14-9-16(11-17(10-14)21(22,23)24)13-18(26)12-15-5-7-25(8-6-15)19(27)28-20(2,3)4;1-11-6-13(8-14(7-11)16(17,18)19)10-15(21)9-12-2-4-20-5-3-12;1-12(2,3)17-11(16)13-6-4-9(5-7-13)8-10(14)15;1-5-2-6(8(9,10)11)4-7(12)3-5;/h9-11,15H,5-8,12-13H2,1-4H3;6-8,12,20H,2-5,9-10H2,1H3;9H,4-8H2,1-3H3,(H,14,15);2-4H,12H2,1H3;1H. The second-order valence-electron chi connectivity index (χ2n) is 22.5. The molecule has 2 amide bonds. The number of carboxylic acid groups (broad SMARTS) is 1. The Morgan fingerprint density at radius 2 is 0.835 bits per heavy atom. The molecule has 0 aliphatic carbocycles. The summed E-state index contributed by atoms with van der Waals surface area (Å²) in [5.41, 5.74) is 4.68. The minimum absolute atomic E-state index is 0. The Kier molecular flexibility index (Phi) is 26.7. The largest absolute Gasteiger partial charge is 0.481 e. The number of piperidine rings is 3. The number of hydrogen-bond donors (Lipinski definition) is 3. The van der Waals surface area contributed by atoms with Crippen molar-refractivity contribution in [1.82, 2.24) is 15.1 Å². The Morgan fingerprint density at radius 1 is 0.519 bits per heavy atom. The molecule has 0 saturated carbocycles. The van der Waals surface area contributed by atoms with Gasteiger partial charge in [0.1, 0.15) is 22.8 Å². The molecule has 4 N–H and O–H groups in total. The van der Waals surface area contributed by atoms with Crippen LogP contribution in [0.5, 0.6) is 0 Å². The highest BCUT2D eigenvalue weighted by Crippen LogP contribution is 2.34. The van der Waals surface area contributed by atoms with Gasteiger partial charge in [-0.3, -0.25) is 14.4 Å². The number of aliphatic carboxylic acids is 1. The number of amides is 2. The fraction of sp³-hybridized carbons (Fsp3) is 0.596. The summed E-state index contributed by atoms with van der Waals surface area (Å²) < 4.78 is 124. The molecule has 0 radical (unpaired) electrons. The number of ketones is 2. The molecular weight excluding hydrogens is 1080 g/mol. The van der Waals surface area contributed by atoms with Crippen LogP contribution in [0.3, 0.4) is 0 Å². The number of hydrogen-bond acceptors (Lipinski definition) is 9. The monoisotopic (exact) mass is 1150 g/mol. The number of carbonyl (C=O) groups excluding carboxylic acids is 4. The summed E-state index contributed by atoms with van der Waals surface area (Å²) in [7, 11) is 0. The van der Waals surface area contributed by atoms with Gasteiger partial charge in [-0.1, -0.05) is 23.3 Å². The van der Waals surface area contributed by atoms with Crippen molar-refractivity contribution in [3.05, 3.63) is 99.1 Å². The highest BCUT2D eigenvalue weighted by Gasteiger charge is 2.34. The number of anilines is 1. The lowest BCUT2D eigenvalue weighted by molar-refractivity contribution is -0.139. The van der Waals surface area contributed by atoms with E-state index in [-0.39, 0.29) is 72.9 Å². The molecule has 6 rings (SSSR count). The van der Waals surface area contributed by atoms with E-state index in [1.165, 1.54) is 6.07 Å². The summed E-state index contributed by atoms with van der Waals surface area (Å²) in [6.07, 6.45) is -7.88. The first-order valence-electron chi connectivity index (χ1n) is 26.1. The Hall–Kier alpha value is -5.57. The predicted octanol–water partition coefficient (Wildman–Crippen LogP) is 13.8. The van der Waals surface area contributed by atoms with Crippen molar-refractivity contribution in [3.8, 4) is 0 Å². The van der Waals surface area contributed by atoms with Crippen molar-refractivity contribution in [2.75, 3.05) is 45.0 Å². The number of nitrogen functional groups attached to an aromatic ring is 1. The second kappa shape index (κ2) is 30.3. The van der Waals surface area contributed by atoms with E-state index in [4.69, 9.17) is 20.3 Å². The Balaban J connectivity index is 0.000000374. The number of carboxylic acids is 1. The summed E-state index contributed by atoms with van der Waals surface area (Å²) in [6.45, 7) is 19.8. The highest BCUT2D eigenvalue weighted by atomic mass is 35.5. The molecule has 0 unspecified atom stereocenters. The van der Waals surface area contributed by atoms with Gasteiger partial charge in [0.2, 0.25) is 0 Å². The summed E-state index contributed by atoms with van der Waals surface area (Å²) in [5.74, 6) is -0.120. The number of likely N-dealkylation sites (tertiary alicyclic amines) is 2. The molecule has 12 nitrogen and oxygen atoms in total. The third-order valence-corrected chi connectivity index (χ3v) is 12.6. The number of benzene rings is 3. The van der Waals surface area contributed by atoms with Gasteiger partial charge in [0.25, 0.3) is 0 Å². The van der Waals surface area contributed by atoms with Gasteiger partial charge in [-0.2, -0.15) is 39.5 Å². The third-order valence-electron chi connectivity index (χ3n) is 12.6. The summed E-state index contributed by atoms with van der Waals surface area (Å²) in [6, 6.07) is 11.1. The van der Waals surface area contributed by atoms with Crippen LogP contribution in [-0.2, 0) is 55.2 Å². The number of nitrogens with two attached hydrogens (primary N) is 1. The number of rotatable bonds is 10. The zero-order valence-electron chi connectivity index (χ0n) is 46.5. The molecular formula is C57H78ClF9N4O8. The molecule has 444 valence electrons. The Morgan fingerprint density at radius 3 is 1.15 bits per heavy atom. The molecule has 0 atom stereocenters. The van der Waals surface area contributed by atoms with Crippen molar-refractivity contribution in [3.63, 3.8) is 0 Å². The van der Waals surface area contributed by atoms with Crippen molar-refractivity contribution in [2.45, 2.75) is 163 Å². The van der Waals surface area contributed by atoms with Crippen LogP contribution in [0.25, 0.3) is 0 Å². The molecule has 79 heavy (non-hydrogen) atoms. The number of halogens is 10. The van der Waals surface area contributed by atoms with Crippen molar-refractivity contribution in [2.24, 2.45) is 17.8 Å². The molecule has 22 heteroatoms. The minimum Gasteiger partial charge on any atom is -0.481 e. The van der Waals surface area contributed by atoms with Crippen molar-refractivity contribution < 1.29 is 78.1 Å². The molecule has 3 fully saturated rings. The molecule has 3 aromatic carbocycles. The average Bonchev–Trinajstić information content (AvgIpc) is 3.27. The van der Waals surface area contributed by atoms with Gasteiger partial charge in [-0.25, -0.2) is 9.59 Å². The first-order valence-corrected chi connectivity index (χ1v) is 26.1. The minimum atomic E-state index is -4.42. The van der Waals surface area contributed by atoms with E-state index in [1.54, 1.807) is 42.7 Å². The number of carbonyl (C=O) groups is 5. The van der Waals surface area contributed by atoms with E-state index in [1.807, 2.05) is 41.5 Å². The topological polar surface area (TPSA) is 169 Å². The van der Waals surface area contributed by atoms with E-state index < -0.39 is 52.4 Å². The normalized spacial score (nSPS) is 15.9. The van der Waals surface area contributed by atoms with Crippen LogP contribution in [0, 0.1) is 38.5 Å². The molecule has 0 aromatic heterocycles. The molecule has 3 heterocycles. The van der Waals surface area contributed by atoms with Gasteiger partial charge < -0.3 is 35.4 Å². The summed E-state index contributed by atoms with van der Waals surface area (Å²) in [4.78, 5) is 62.1. The van der Waals surface area contributed by atoms with E-state index in [2.05, 4.69) is 5.32 Å². The van der Waals surface area contributed by atoms with Crippen LogP contribution in [0.1, 0.15) is 144 Å². The number of ether oxygens (including phenoxy) is 2. The van der Waals surface area contributed by atoms with Gasteiger partial charge in [0.15, 0.2) is 0 Å². The molecule has 3 aliphatic rings. The van der Waals surface area contributed by atoms with Crippen LogP contribution in [0.2, 0.25) is 0 Å². The first kappa shape index (κ1) is 69.5. The number of nitrogens with one attached hydrogen (secondary N) is 1. The van der Waals surface area contributed by atoms with Gasteiger partial charge in [-0.15, -0.1) is 12.4 Å². The zero-order valence-corrected chi connectivity index (χ0v) is 47.4. The molecule has 0 spiro atoms. The fourth-order valence-corrected chi connectivity index (χ4v) is 9.10. The SMILES string of the molecule is CC(C)(C)OC(=O)N1CCC(CC(=O)O)CC1.Cc1cc(CC(=O)CC2CCN(C(=O)OC(C)(C)C)CC2)cc(C(F)(F)F)c1.Cc1cc(CC(=O)CC2CCNCC2)cc(C(F)(F)F)c1.Cc1cc(N)cc(C(F)(F)F)c1.Cl.